The third-order valence-corrected chi connectivity index (χ3v) is 6.59. The number of carboxylic acids is 1. The zero-order chi connectivity index (χ0) is 25.1. The number of esters is 1. The van der Waals surface area contributed by atoms with E-state index in [4.69, 9.17) is 4.74 Å². The predicted molar refractivity (Wildman–Crippen MR) is 142 cm³/mol. The molecule has 0 aromatic heterocycles. The molecule has 3 rings (SSSR count). The van der Waals surface area contributed by atoms with Gasteiger partial charge < -0.3 is 9.84 Å². The molecule has 4 heteroatoms. The summed E-state index contributed by atoms with van der Waals surface area (Å²) in [6, 6.07) is 18.8. The van der Waals surface area contributed by atoms with E-state index in [1.807, 2.05) is 60.7 Å². The Kier molecular flexibility index (Phi) is 14.5. The number of rotatable bonds is 4. The van der Waals surface area contributed by atoms with Crippen LogP contribution in [0.4, 0.5) is 0 Å². The summed E-state index contributed by atoms with van der Waals surface area (Å²) in [5, 5.41) is 9.42. The number of cyclic esters (lactones) is 1. The van der Waals surface area contributed by atoms with Crippen LogP contribution >= 0.6 is 0 Å². The minimum absolute atomic E-state index is 0.0112. The Balaban J connectivity index is 0.000000247. The monoisotopic (exact) mass is 479 g/mol. The third-order valence-electron chi connectivity index (χ3n) is 6.59. The number of hydrogen-bond acceptors (Lipinski definition) is 3. The van der Waals surface area contributed by atoms with Gasteiger partial charge in [0.1, 0.15) is 0 Å². The van der Waals surface area contributed by atoms with Crippen molar-refractivity contribution >= 4 is 11.9 Å². The quantitative estimate of drug-likeness (QED) is 0.450. The molecule has 1 saturated heterocycles. The molecule has 35 heavy (non-hydrogen) atoms. The van der Waals surface area contributed by atoms with Crippen molar-refractivity contribution in [2.75, 3.05) is 6.61 Å². The van der Waals surface area contributed by atoms with E-state index in [0.29, 0.717) is 13.0 Å². The summed E-state index contributed by atoms with van der Waals surface area (Å²) in [5.74, 6) is -1.75. The van der Waals surface area contributed by atoms with Crippen molar-refractivity contribution in [2.24, 2.45) is 0 Å². The van der Waals surface area contributed by atoms with E-state index < -0.39 is 11.9 Å². The predicted octanol–water partition coefficient (Wildman–Crippen LogP) is 8.09. The van der Waals surface area contributed by atoms with Crippen molar-refractivity contribution < 1.29 is 19.4 Å². The Labute approximate surface area is 212 Å². The van der Waals surface area contributed by atoms with Gasteiger partial charge in [-0.25, -0.2) is 0 Å². The van der Waals surface area contributed by atoms with Crippen molar-refractivity contribution in [3.63, 3.8) is 0 Å². The minimum Gasteiger partial charge on any atom is -0.481 e. The maximum absolute atomic E-state index is 11.5. The molecule has 1 fully saturated rings. The molecular weight excluding hydrogens is 436 g/mol. The average Bonchev–Trinajstić information content (AvgIpc) is 2.87. The van der Waals surface area contributed by atoms with Gasteiger partial charge in [-0.05, 0) is 30.9 Å². The largest absolute Gasteiger partial charge is 0.481 e. The van der Waals surface area contributed by atoms with Crippen LogP contribution in [-0.2, 0) is 14.3 Å². The molecule has 0 aliphatic carbocycles. The van der Waals surface area contributed by atoms with Crippen LogP contribution < -0.4 is 0 Å². The minimum atomic E-state index is -0.843. The number of carboxylic acid groups (broad SMARTS) is 1. The standard InChI is InChI=1S/C16H15O2.C15H28O2/c1-12(13-8-4-2-5-9-13)15(16(17)18)14-10-6-3-7-11-14;16-15-13-11-9-7-5-3-1-2-4-6-8-10-12-14-17-15/h2-12,15H,1H2,(H,17,18);1-14H2. The molecule has 1 heterocycles. The molecule has 0 amide bonds. The SMILES string of the molecule is O=C1CCCCCCCCCCCCCCO1.[CH2]C(c1ccccc1)C(C(=O)O)c1ccccc1. The highest BCUT2D eigenvalue weighted by Crippen LogP contribution is 2.32. The van der Waals surface area contributed by atoms with Crippen LogP contribution in [0.3, 0.4) is 0 Å². The number of aliphatic carboxylic acids is 1. The van der Waals surface area contributed by atoms with Crippen molar-refractivity contribution in [2.45, 2.75) is 95.3 Å². The molecule has 1 aliphatic rings. The molecule has 1 radical (unpaired) electrons. The number of carbonyl (C=O) groups is 2. The molecule has 0 spiro atoms. The molecule has 2 atom stereocenters. The fraction of sp³-hybridized carbons (Fsp3) is 0.516. The van der Waals surface area contributed by atoms with E-state index in [1.54, 1.807) is 0 Å². The van der Waals surface area contributed by atoms with Crippen LogP contribution in [0.1, 0.15) is 106 Å². The highest BCUT2D eigenvalue weighted by Gasteiger charge is 2.27. The highest BCUT2D eigenvalue weighted by atomic mass is 16.5. The van der Waals surface area contributed by atoms with Gasteiger partial charge in [-0.2, -0.15) is 0 Å². The third kappa shape index (κ3) is 12.1. The van der Waals surface area contributed by atoms with Crippen LogP contribution in [-0.4, -0.2) is 23.7 Å². The molecule has 2 unspecified atom stereocenters. The van der Waals surface area contributed by atoms with Gasteiger partial charge in [0.05, 0.1) is 12.5 Å². The molecule has 0 bridgehead atoms. The molecule has 1 aliphatic heterocycles. The lowest BCUT2D eigenvalue weighted by Crippen LogP contribution is -2.18. The van der Waals surface area contributed by atoms with Crippen LogP contribution in [0.2, 0.25) is 0 Å². The number of carbonyl (C=O) groups excluding carboxylic acids is 1. The average molecular weight is 480 g/mol. The van der Waals surface area contributed by atoms with Gasteiger partial charge in [0, 0.05) is 12.3 Å². The van der Waals surface area contributed by atoms with Crippen molar-refractivity contribution in [3.8, 4) is 0 Å². The Bertz CT molecular complexity index is 800. The first-order chi connectivity index (χ1) is 17.1. The Morgan fingerprint density at radius 3 is 1.60 bits per heavy atom. The smallest absolute Gasteiger partial charge is 0.311 e. The lowest BCUT2D eigenvalue weighted by molar-refractivity contribution is -0.144. The maximum Gasteiger partial charge on any atom is 0.311 e. The number of hydrogen-bond donors (Lipinski definition) is 1. The van der Waals surface area contributed by atoms with E-state index in [9.17, 15) is 14.7 Å². The van der Waals surface area contributed by atoms with Gasteiger partial charge in [-0.1, -0.05) is 125 Å². The fourth-order valence-corrected chi connectivity index (χ4v) is 4.50. The number of ether oxygens (including phenoxy) is 1. The summed E-state index contributed by atoms with van der Waals surface area (Å²) in [5.41, 5.74) is 1.72. The van der Waals surface area contributed by atoms with Crippen LogP contribution in [0, 0.1) is 6.92 Å². The second-order valence-corrected chi connectivity index (χ2v) is 9.46. The summed E-state index contributed by atoms with van der Waals surface area (Å²) < 4.78 is 5.20. The van der Waals surface area contributed by atoms with Gasteiger partial charge in [-0.15, -0.1) is 0 Å². The topological polar surface area (TPSA) is 63.6 Å². The summed E-state index contributed by atoms with van der Waals surface area (Å²) in [4.78, 5) is 22.8. The van der Waals surface area contributed by atoms with Crippen molar-refractivity contribution in [1.29, 1.82) is 0 Å². The van der Waals surface area contributed by atoms with E-state index in [1.165, 1.54) is 64.2 Å². The number of benzene rings is 2. The molecule has 2 aromatic carbocycles. The first-order valence-electron chi connectivity index (χ1n) is 13.4. The Hall–Kier alpha value is -2.62. The zero-order valence-electron chi connectivity index (χ0n) is 21.2. The van der Waals surface area contributed by atoms with Gasteiger partial charge in [0.25, 0.3) is 0 Å². The molecule has 1 N–H and O–H groups in total. The second kappa shape index (κ2) is 17.8. The molecule has 191 valence electrons. The molecule has 4 nitrogen and oxygen atoms in total. The van der Waals surface area contributed by atoms with E-state index in [2.05, 4.69) is 6.92 Å². The molecular formula is C31H43O4. The normalized spacial score (nSPS) is 18.3. The second-order valence-electron chi connectivity index (χ2n) is 9.46. The Morgan fingerprint density at radius 2 is 1.11 bits per heavy atom. The van der Waals surface area contributed by atoms with E-state index >= 15 is 0 Å². The summed E-state index contributed by atoms with van der Waals surface area (Å²) >= 11 is 0. The first-order valence-corrected chi connectivity index (χ1v) is 13.4. The van der Waals surface area contributed by atoms with E-state index in [-0.39, 0.29) is 11.9 Å². The summed E-state index contributed by atoms with van der Waals surface area (Å²) in [6.07, 6.45) is 16.0. The van der Waals surface area contributed by atoms with Gasteiger partial charge in [0.2, 0.25) is 0 Å². The van der Waals surface area contributed by atoms with Crippen LogP contribution in [0.15, 0.2) is 60.7 Å². The fourth-order valence-electron chi connectivity index (χ4n) is 4.50. The van der Waals surface area contributed by atoms with Crippen molar-refractivity contribution in [3.05, 3.63) is 78.7 Å². The highest BCUT2D eigenvalue weighted by molar-refractivity contribution is 5.77. The lowest BCUT2D eigenvalue weighted by atomic mass is 9.83. The molecule has 2 aromatic rings. The Morgan fingerprint density at radius 1 is 0.686 bits per heavy atom. The lowest BCUT2D eigenvalue weighted by Gasteiger charge is -2.20. The van der Waals surface area contributed by atoms with E-state index in [0.717, 1.165) is 24.0 Å². The van der Waals surface area contributed by atoms with Crippen LogP contribution in [0.5, 0.6) is 0 Å². The van der Waals surface area contributed by atoms with Gasteiger partial charge in [-0.3, -0.25) is 9.59 Å². The summed E-state index contributed by atoms with van der Waals surface area (Å²) in [6.45, 7) is 4.66. The van der Waals surface area contributed by atoms with Crippen molar-refractivity contribution in [1.82, 2.24) is 0 Å². The first kappa shape index (κ1) is 28.6. The maximum atomic E-state index is 11.5. The van der Waals surface area contributed by atoms with Crippen LogP contribution in [0.25, 0.3) is 0 Å². The zero-order valence-corrected chi connectivity index (χ0v) is 21.2. The van der Waals surface area contributed by atoms with Gasteiger partial charge in [0.15, 0.2) is 0 Å². The molecule has 0 saturated carbocycles. The van der Waals surface area contributed by atoms with Gasteiger partial charge >= 0.3 is 11.9 Å². The summed E-state index contributed by atoms with van der Waals surface area (Å²) in [7, 11) is 0.